The number of para-hydroxylation sites is 1. The monoisotopic (exact) mass is 687 g/mol. The number of hydrogen-bond donors (Lipinski definition) is 2. The van der Waals surface area contributed by atoms with Gasteiger partial charge in [0.1, 0.15) is 18.0 Å². The van der Waals surface area contributed by atoms with E-state index in [9.17, 15) is 14.0 Å². The van der Waals surface area contributed by atoms with Gasteiger partial charge in [-0.05, 0) is 60.5 Å². The summed E-state index contributed by atoms with van der Waals surface area (Å²) in [5, 5.41) is 14.4. The van der Waals surface area contributed by atoms with Gasteiger partial charge >= 0.3 is 5.97 Å². The zero-order valence-corrected chi connectivity index (χ0v) is 27.6. The van der Waals surface area contributed by atoms with Gasteiger partial charge in [0.15, 0.2) is 17.3 Å². The summed E-state index contributed by atoms with van der Waals surface area (Å²) >= 11 is 5.93. The summed E-state index contributed by atoms with van der Waals surface area (Å²) in [6, 6.07) is 18.4. The Kier molecular flexibility index (Phi) is 9.50. The van der Waals surface area contributed by atoms with Gasteiger partial charge in [-0.1, -0.05) is 42.8 Å². The van der Waals surface area contributed by atoms with Crippen LogP contribution in [-0.2, 0) is 34.8 Å². The van der Waals surface area contributed by atoms with E-state index in [-0.39, 0.29) is 40.4 Å². The third-order valence-corrected chi connectivity index (χ3v) is 8.24. The van der Waals surface area contributed by atoms with Gasteiger partial charge in [-0.2, -0.15) is 0 Å². The molecule has 2 N–H and O–H groups in total. The predicted octanol–water partition coefficient (Wildman–Crippen LogP) is 7.51. The van der Waals surface area contributed by atoms with Gasteiger partial charge in [0.05, 0.1) is 42.6 Å². The molecule has 2 heterocycles. The minimum Gasteiger partial charge on any atom is -0.465 e. The normalized spacial score (nSPS) is 14.8. The Morgan fingerprint density at radius 3 is 2.57 bits per heavy atom. The molecule has 1 aliphatic heterocycles. The van der Waals surface area contributed by atoms with Crippen molar-refractivity contribution in [2.45, 2.75) is 45.6 Å². The van der Waals surface area contributed by atoms with Gasteiger partial charge in [0.2, 0.25) is 5.91 Å². The van der Waals surface area contributed by atoms with Crippen LogP contribution >= 0.6 is 11.6 Å². The van der Waals surface area contributed by atoms with Gasteiger partial charge in [-0.15, -0.1) is 10.2 Å². The number of nitrogens with one attached hydrogen (secondary N) is 2. The van der Waals surface area contributed by atoms with Crippen molar-refractivity contribution in [3.63, 3.8) is 0 Å². The minimum atomic E-state index is -1.50. The van der Waals surface area contributed by atoms with E-state index in [4.69, 9.17) is 25.8 Å². The Labute approximate surface area is 286 Å². The first-order valence-corrected chi connectivity index (χ1v) is 15.8. The third kappa shape index (κ3) is 7.05. The van der Waals surface area contributed by atoms with Gasteiger partial charge in [-0.25, -0.2) is 13.6 Å². The Bertz CT molecular complexity index is 2050. The minimum absolute atomic E-state index is 0.138. The third-order valence-electron chi connectivity index (χ3n) is 8.00. The molecule has 10 nitrogen and oxygen atoms in total. The van der Waals surface area contributed by atoms with Crippen LogP contribution in [0, 0.1) is 11.6 Å². The van der Waals surface area contributed by atoms with Crippen molar-refractivity contribution in [2.75, 3.05) is 17.7 Å². The molecule has 0 fully saturated rings. The molecule has 0 spiro atoms. The molecule has 1 aliphatic rings. The van der Waals surface area contributed by atoms with Crippen LogP contribution < -0.4 is 20.1 Å². The molecule has 1 amide bonds. The number of aryl methyl sites for hydroxylation is 1. The maximum Gasteiger partial charge on any atom is 0.337 e. The number of carbonyl (C=O) groups excluding carboxylic acids is 2. The maximum atomic E-state index is 15.7. The Morgan fingerprint density at radius 2 is 1.82 bits per heavy atom. The number of nitrogens with zero attached hydrogens (tertiary/aromatic N) is 3. The van der Waals surface area contributed by atoms with Crippen molar-refractivity contribution in [3.8, 4) is 22.6 Å². The van der Waals surface area contributed by atoms with Gasteiger partial charge in [-0.3, -0.25) is 4.79 Å². The summed E-state index contributed by atoms with van der Waals surface area (Å²) in [7, 11) is 1.29. The average molecular weight is 688 g/mol. The molecular formula is C36H32ClF2N5O5. The number of ether oxygens (including phenoxy) is 3. The van der Waals surface area contributed by atoms with Crippen LogP contribution in [0.4, 0.5) is 20.2 Å². The average Bonchev–Trinajstić information content (AvgIpc) is 3.67. The zero-order valence-electron chi connectivity index (χ0n) is 26.9. The fraction of sp³-hybridized carbons (Fsp3) is 0.222. The van der Waals surface area contributed by atoms with E-state index < -0.39 is 29.3 Å². The van der Waals surface area contributed by atoms with E-state index in [1.165, 1.54) is 37.4 Å². The molecule has 0 saturated carbocycles. The van der Waals surface area contributed by atoms with E-state index >= 15 is 4.39 Å². The maximum absolute atomic E-state index is 15.7. The number of methoxy groups -OCH3 is 1. The molecule has 49 heavy (non-hydrogen) atoms. The highest BCUT2D eigenvalue weighted by atomic mass is 35.5. The zero-order chi connectivity index (χ0) is 34.7. The van der Waals surface area contributed by atoms with Crippen LogP contribution in [0.2, 0.25) is 5.02 Å². The second-order valence-corrected chi connectivity index (χ2v) is 11.9. The quantitative estimate of drug-likeness (QED) is 0.137. The lowest BCUT2D eigenvalue weighted by molar-refractivity contribution is -0.115. The smallest absolute Gasteiger partial charge is 0.337 e. The number of amides is 1. The highest BCUT2D eigenvalue weighted by molar-refractivity contribution is 6.30. The van der Waals surface area contributed by atoms with Crippen LogP contribution in [0.5, 0.6) is 11.5 Å². The lowest BCUT2D eigenvalue weighted by Crippen LogP contribution is -2.32. The molecule has 13 heteroatoms. The van der Waals surface area contributed by atoms with E-state index in [0.29, 0.717) is 34.1 Å². The fourth-order valence-corrected chi connectivity index (χ4v) is 5.79. The second-order valence-electron chi connectivity index (χ2n) is 11.5. The van der Waals surface area contributed by atoms with Crippen molar-refractivity contribution in [1.29, 1.82) is 0 Å². The summed E-state index contributed by atoms with van der Waals surface area (Å²) in [5.74, 6) is -2.37. The summed E-state index contributed by atoms with van der Waals surface area (Å²) in [6.07, 6.45) is 2.40. The van der Waals surface area contributed by atoms with E-state index in [0.717, 1.165) is 13.0 Å². The van der Waals surface area contributed by atoms with Gasteiger partial charge < -0.3 is 29.4 Å². The summed E-state index contributed by atoms with van der Waals surface area (Å²) in [4.78, 5) is 25.4. The first-order valence-electron chi connectivity index (χ1n) is 15.5. The Balaban J connectivity index is 1.19. The van der Waals surface area contributed by atoms with Crippen LogP contribution in [0.1, 0.15) is 47.6 Å². The Morgan fingerprint density at radius 1 is 0.980 bits per heavy atom. The first-order chi connectivity index (χ1) is 23.6. The van der Waals surface area contributed by atoms with Gasteiger partial charge in [0, 0.05) is 29.6 Å². The van der Waals surface area contributed by atoms with E-state index in [2.05, 4.69) is 20.8 Å². The second kappa shape index (κ2) is 13.9. The number of carbonyl (C=O) groups is 2. The standard InChI is InChI=1S/C36H32ClF2N5O5/c1-4-14-44-20-41-43-32(44)19-40-30-17-22(35(46)47-3)9-13-29(30)42-33(45)16-21-8-11-24(27(38)15-21)25-6-5-7-31-34(25)49-36(2,48-31)26-12-10-23(37)18-28(26)39/h5-13,15,17-18,20,40H,4,14,16,19H2,1-3H3,(H,42,45). The molecule has 1 aromatic heterocycles. The van der Waals surface area contributed by atoms with Crippen molar-refractivity contribution < 1.29 is 32.6 Å². The first kappa shape index (κ1) is 33.4. The van der Waals surface area contributed by atoms with Crippen molar-refractivity contribution >= 4 is 34.9 Å². The highest BCUT2D eigenvalue weighted by Gasteiger charge is 2.42. The molecule has 252 valence electrons. The number of halogens is 3. The van der Waals surface area contributed by atoms with Crippen molar-refractivity contribution in [2.24, 2.45) is 0 Å². The number of aromatic nitrogens is 3. The van der Waals surface area contributed by atoms with Crippen molar-refractivity contribution in [3.05, 3.63) is 118 Å². The SMILES string of the molecule is CCCn1cnnc1CNc1cc(C(=O)OC)ccc1NC(=O)Cc1ccc(-c2cccc3c2OC(C)(c2ccc(Cl)cc2F)O3)c(F)c1. The van der Waals surface area contributed by atoms with Crippen LogP contribution in [0.25, 0.3) is 11.1 Å². The lowest BCUT2D eigenvalue weighted by atomic mass is 10.0. The number of anilines is 2. The molecule has 4 aromatic carbocycles. The van der Waals surface area contributed by atoms with E-state index in [1.807, 2.05) is 11.5 Å². The molecule has 1 unspecified atom stereocenters. The molecule has 0 radical (unpaired) electrons. The van der Waals surface area contributed by atoms with Gasteiger partial charge in [0.25, 0.3) is 5.79 Å². The summed E-state index contributed by atoms with van der Waals surface area (Å²) in [6.45, 7) is 4.64. The predicted molar refractivity (Wildman–Crippen MR) is 180 cm³/mol. The van der Waals surface area contributed by atoms with Crippen LogP contribution in [0.15, 0.2) is 79.1 Å². The molecular weight excluding hydrogens is 656 g/mol. The summed E-state index contributed by atoms with van der Waals surface area (Å²) < 4.78 is 49.4. The van der Waals surface area contributed by atoms with Crippen molar-refractivity contribution in [1.82, 2.24) is 14.8 Å². The number of benzene rings is 4. The van der Waals surface area contributed by atoms with E-state index in [1.54, 1.807) is 55.7 Å². The molecule has 1 atom stereocenters. The number of hydrogen-bond acceptors (Lipinski definition) is 8. The molecule has 0 aliphatic carbocycles. The highest BCUT2D eigenvalue weighted by Crippen LogP contribution is 2.50. The van der Waals surface area contributed by atoms with Crippen LogP contribution in [0.3, 0.4) is 0 Å². The fourth-order valence-electron chi connectivity index (χ4n) is 5.64. The number of rotatable bonds is 11. The lowest BCUT2D eigenvalue weighted by Gasteiger charge is -2.24. The Hall–Kier alpha value is -5.49. The number of esters is 1. The molecule has 5 aromatic rings. The topological polar surface area (TPSA) is 117 Å². The molecule has 0 bridgehead atoms. The molecule has 0 saturated heterocycles. The summed E-state index contributed by atoms with van der Waals surface area (Å²) in [5.41, 5.74) is 2.34. The van der Waals surface area contributed by atoms with Crippen LogP contribution in [-0.4, -0.2) is 33.8 Å². The molecule has 6 rings (SSSR count). The largest absolute Gasteiger partial charge is 0.465 e. The number of fused-ring (bicyclic) bond motifs is 1.